The molecule has 3 heteroatoms. The Kier molecular flexibility index (Phi) is 2.96. The van der Waals surface area contributed by atoms with Crippen molar-refractivity contribution in [2.45, 2.75) is 45.6 Å². The lowest BCUT2D eigenvalue weighted by atomic mass is 9.96. The maximum atomic E-state index is 6.04. The molecule has 2 rings (SSSR count). The Morgan fingerprint density at radius 2 is 2.06 bits per heavy atom. The highest BCUT2D eigenvalue weighted by Gasteiger charge is 2.13. The van der Waals surface area contributed by atoms with Crippen LogP contribution in [0.15, 0.2) is 18.2 Å². The molecule has 0 saturated carbocycles. The van der Waals surface area contributed by atoms with Crippen LogP contribution in [0.25, 0.3) is 11.0 Å². The Morgan fingerprint density at radius 1 is 1.35 bits per heavy atom. The molecule has 0 saturated heterocycles. The topological polar surface area (TPSA) is 54.7 Å². The van der Waals surface area contributed by atoms with Gasteiger partial charge >= 0.3 is 0 Å². The first-order valence-corrected chi connectivity index (χ1v) is 6.12. The third-order valence-corrected chi connectivity index (χ3v) is 2.77. The summed E-state index contributed by atoms with van der Waals surface area (Å²) in [4.78, 5) is 7.93. The third-order valence-electron chi connectivity index (χ3n) is 2.77. The van der Waals surface area contributed by atoms with Crippen molar-refractivity contribution in [2.24, 2.45) is 5.73 Å². The number of rotatable bonds is 3. The van der Waals surface area contributed by atoms with Crippen LogP contribution in [-0.4, -0.2) is 15.5 Å². The van der Waals surface area contributed by atoms with Crippen LogP contribution in [-0.2, 0) is 6.42 Å². The summed E-state index contributed by atoms with van der Waals surface area (Å²) in [6.45, 7) is 8.37. The fourth-order valence-corrected chi connectivity index (χ4v) is 1.99. The number of aromatic nitrogens is 2. The number of H-pyrrole nitrogens is 1. The second kappa shape index (κ2) is 4.15. The molecule has 1 aromatic carbocycles. The Morgan fingerprint density at radius 3 is 2.65 bits per heavy atom. The third kappa shape index (κ3) is 2.86. The van der Waals surface area contributed by atoms with Gasteiger partial charge in [0.15, 0.2) is 0 Å². The minimum atomic E-state index is -0.172. The monoisotopic (exact) mass is 231 g/mol. The first-order valence-electron chi connectivity index (χ1n) is 6.12. The summed E-state index contributed by atoms with van der Waals surface area (Å²) in [7, 11) is 0. The Balaban J connectivity index is 2.37. The first kappa shape index (κ1) is 12.1. The summed E-state index contributed by atoms with van der Waals surface area (Å²) in [5.41, 5.74) is 9.26. The van der Waals surface area contributed by atoms with E-state index in [9.17, 15) is 0 Å². The molecule has 0 fully saturated rings. The maximum Gasteiger partial charge on any atom is 0.109 e. The molecule has 0 aliphatic heterocycles. The van der Waals surface area contributed by atoms with Gasteiger partial charge in [0.05, 0.1) is 11.0 Å². The van der Waals surface area contributed by atoms with Crippen molar-refractivity contribution < 1.29 is 0 Å². The van der Waals surface area contributed by atoms with Crippen LogP contribution in [0.1, 0.15) is 45.0 Å². The second-order valence-electron chi connectivity index (χ2n) is 5.79. The zero-order valence-electron chi connectivity index (χ0n) is 11.0. The number of fused-ring (bicyclic) bond motifs is 1. The standard InChI is InChI=1S/C14H21N3/c1-9(2)13-16-11-6-5-10(7-12(11)17-13)8-14(3,4)15/h5-7,9H,8,15H2,1-4H3,(H,16,17). The smallest absolute Gasteiger partial charge is 0.109 e. The van der Waals surface area contributed by atoms with Crippen LogP contribution < -0.4 is 5.73 Å². The van der Waals surface area contributed by atoms with Gasteiger partial charge in [-0.1, -0.05) is 19.9 Å². The molecule has 3 nitrogen and oxygen atoms in total. The molecule has 0 spiro atoms. The van der Waals surface area contributed by atoms with E-state index in [0.29, 0.717) is 5.92 Å². The van der Waals surface area contributed by atoms with Crippen LogP contribution in [0.4, 0.5) is 0 Å². The molecule has 92 valence electrons. The Hall–Kier alpha value is -1.35. The molecule has 0 unspecified atom stereocenters. The van der Waals surface area contributed by atoms with Crippen LogP contribution in [0, 0.1) is 0 Å². The molecule has 0 aliphatic carbocycles. The number of aromatic amines is 1. The van der Waals surface area contributed by atoms with E-state index in [-0.39, 0.29) is 5.54 Å². The molecule has 1 aromatic heterocycles. The van der Waals surface area contributed by atoms with Crippen molar-refractivity contribution in [3.8, 4) is 0 Å². The van der Waals surface area contributed by atoms with E-state index in [1.54, 1.807) is 0 Å². The van der Waals surface area contributed by atoms with Gasteiger partial charge < -0.3 is 10.7 Å². The minimum Gasteiger partial charge on any atom is -0.342 e. The van der Waals surface area contributed by atoms with E-state index in [1.165, 1.54) is 5.56 Å². The first-order chi connectivity index (χ1) is 7.85. The molecule has 1 heterocycles. The molecule has 0 amide bonds. The predicted octanol–water partition coefficient (Wildman–Crippen LogP) is 2.97. The molecular formula is C14H21N3. The molecule has 3 N–H and O–H groups in total. The molecule has 0 atom stereocenters. The highest BCUT2D eigenvalue weighted by atomic mass is 14.9. The lowest BCUT2D eigenvalue weighted by Crippen LogP contribution is -2.34. The van der Waals surface area contributed by atoms with Crippen molar-refractivity contribution in [1.82, 2.24) is 9.97 Å². The number of nitrogens with zero attached hydrogens (tertiary/aromatic N) is 1. The summed E-state index contributed by atoms with van der Waals surface area (Å²) in [6, 6.07) is 6.34. The summed E-state index contributed by atoms with van der Waals surface area (Å²) < 4.78 is 0. The second-order valence-corrected chi connectivity index (χ2v) is 5.79. The number of imidazole rings is 1. The SMILES string of the molecule is CC(C)c1nc2ccc(CC(C)(C)N)cc2[nH]1. The average Bonchev–Trinajstić information content (AvgIpc) is 2.57. The van der Waals surface area contributed by atoms with Gasteiger partial charge in [0, 0.05) is 11.5 Å². The van der Waals surface area contributed by atoms with E-state index < -0.39 is 0 Å². The van der Waals surface area contributed by atoms with Crippen molar-refractivity contribution in [2.75, 3.05) is 0 Å². The number of nitrogens with one attached hydrogen (secondary N) is 1. The molecule has 2 aromatic rings. The maximum absolute atomic E-state index is 6.04. The van der Waals surface area contributed by atoms with E-state index in [1.807, 2.05) is 13.8 Å². The highest BCUT2D eigenvalue weighted by Crippen LogP contribution is 2.20. The fraction of sp³-hybridized carbons (Fsp3) is 0.500. The van der Waals surface area contributed by atoms with E-state index in [0.717, 1.165) is 23.3 Å². The van der Waals surface area contributed by atoms with Gasteiger partial charge in [-0.2, -0.15) is 0 Å². The van der Waals surface area contributed by atoms with Gasteiger partial charge in [-0.3, -0.25) is 0 Å². The van der Waals surface area contributed by atoms with Crippen LogP contribution in [0.5, 0.6) is 0 Å². The van der Waals surface area contributed by atoms with Gasteiger partial charge in [-0.15, -0.1) is 0 Å². The normalized spacial score (nSPS) is 12.6. The fourth-order valence-electron chi connectivity index (χ4n) is 1.99. The van der Waals surface area contributed by atoms with E-state index >= 15 is 0 Å². The average molecular weight is 231 g/mol. The molecule has 0 bridgehead atoms. The van der Waals surface area contributed by atoms with Crippen LogP contribution >= 0.6 is 0 Å². The van der Waals surface area contributed by atoms with Crippen molar-refractivity contribution in [3.63, 3.8) is 0 Å². The van der Waals surface area contributed by atoms with Crippen molar-refractivity contribution >= 4 is 11.0 Å². The highest BCUT2D eigenvalue weighted by molar-refractivity contribution is 5.76. The summed E-state index contributed by atoms with van der Waals surface area (Å²) in [5.74, 6) is 1.47. The van der Waals surface area contributed by atoms with Crippen molar-refractivity contribution in [1.29, 1.82) is 0 Å². The van der Waals surface area contributed by atoms with Crippen LogP contribution in [0.3, 0.4) is 0 Å². The molecule has 0 radical (unpaired) electrons. The molecule has 17 heavy (non-hydrogen) atoms. The number of nitrogens with two attached hydrogens (primary N) is 1. The quantitative estimate of drug-likeness (QED) is 0.853. The van der Waals surface area contributed by atoms with E-state index in [4.69, 9.17) is 5.73 Å². The number of benzene rings is 1. The zero-order chi connectivity index (χ0) is 12.6. The molecule has 0 aliphatic rings. The van der Waals surface area contributed by atoms with Gasteiger partial charge in [-0.25, -0.2) is 4.98 Å². The lowest BCUT2D eigenvalue weighted by Gasteiger charge is -2.18. The lowest BCUT2D eigenvalue weighted by molar-refractivity contribution is 0.517. The largest absolute Gasteiger partial charge is 0.342 e. The Bertz CT molecular complexity index is 518. The summed E-state index contributed by atoms with van der Waals surface area (Å²) >= 11 is 0. The summed E-state index contributed by atoms with van der Waals surface area (Å²) in [6.07, 6.45) is 0.874. The van der Waals surface area contributed by atoms with Crippen LogP contribution in [0.2, 0.25) is 0 Å². The Labute approximate surface area is 102 Å². The van der Waals surface area contributed by atoms with Gasteiger partial charge in [0.2, 0.25) is 0 Å². The predicted molar refractivity (Wildman–Crippen MR) is 72.2 cm³/mol. The molecular weight excluding hydrogens is 210 g/mol. The summed E-state index contributed by atoms with van der Waals surface area (Å²) in [5, 5.41) is 0. The zero-order valence-corrected chi connectivity index (χ0v) is 11.0. The van der Waals surface area contributed by atoms with Gasteiger partial charge in [0.25, 0.3) is 0 Å². The minimum absolute atomic E-state index is 0.172. The van der Waals surface area contributed by atoms with Gasteiger partial charge in [0.1, 0.15) is 5.82 Å². The number of hydrogen-bond donors (Lipinski definition) is 2. The number of hydrogen-bond acceptors (Lipinski definition) is 2. The van der Waals surface area contributed by atoms with Gasteiger partial charge in [-0.05, 0) is 38.0 Å². The van der Waals surface area contributed by atoms with Crippen molar-refractivity contribution in [3.05, 3.63) is 29.6 Å². The van der Waals surface area contributed by atoms with E-state index in [2.05, 4.69) is 42.0 Å².